The minimum Gasteiger partial charge on any atom is -0.317 e. The number of aryl methyl sites for hydroxylation is 2. The molecule has 2 rings (SSSR count). The molecule has 0 bridgehead atoms. The van der Waals surface area contributed by atoms with Gasteiger partial charge in [0, 0.05) is 17.1 Å². The molecule has 0 saturated heterocycles. The fraction of sp³-hybridized carbons (Fsp3) is 0.500. The normalized spacial score (nSPS) is 11.1. The van der Waals surface area contributed by atoms with Gasteiger partial charge in [-0.3, -0.25) is 0 Å². The molecule has 1 nitrogen and oxygen atoms in total. The molecule has 0 saturated carbocycles. The third-order valence-electron chi connectivity index (χ3n) is 4.58. The Hall–Kier alpha value is -1.50. The second-order valence-corrected chi connectivity index (χ2v) is 5.89. The average Bonchev–Trinajstić information content (AvgIpc) is 2.81. The van der Waals surface area contributed by atoms with E-state index < -0.39 is 0 Å². The SMILES string of the molecule is CCc1c(CC)c(CC)n(-c2cc(C)ccc2C)c1CC. The zero-order valence-corrected chi connectivity index (χ0v) is 14.5. The lowest BCUT2D eigenvalue weighted by Gasteiger charge is -2.16. The summed E-state index contributed by atoms with van der Waals surface area (Å²) < 4.78 is 2.56. The van der Waals surface area contributed by atoms with Crippen LogP contribution in [0.5, 0.6) is 0 Å². The molecule has 1 aromatic heterocycles. The van der Waals surface area contributed by atoms with Gasteiger partial charge in [-0.25, -0.2) is 0 Å². The summed E-state index contributed by atoms with van der Waals surface area (Å²) >= 11 is 0. The van der Waals surface area contributed by atoms with Crippen molar-refractivity contribution in [2.24, 2.45) is 0 Å². The molecule has 0 aliphatic rings. The van der Waals surface area contributed by atoms with Crippen LogP contribution in [-0.2, 0) is 25.7 Å². The molecule has 0 amide bonds. The standard InChI is InChI=1S/C20H29N/c1-7-16-17(8-2)19(10-4)21(18(16)9-3)20-13-14(5)11-12-15(20)6/h11-13H,7-10H2,1-6H3. The molecule has 0 aliphatic carbocycles. The summed E-state index contributed by atoms with van der Waals surface area (Å²) in [5, 5.41) is 0. The van der Waals surface area contributed by atoms with E-state index in [0.29, 0.717) is 0 Å². The molecule has 21 heavy (non-hydrogen) atoms. The van der Waals surface area contributed by atoms with Gasteiger partial charge in [-0.1, -0.05) is 39.8 Å². The second-order valence-electron chi connectivity index (χ2n) is 5.89. The van der Waals surface area contributed by atoms with Gasteiger partial charge in [0.1, 0.15) is 0 Å². The summed E-state index contributed by atoms with van der Waals surface area (Å²) in [5.41, 5.74) is 10.3. The fourth-order valence-electron chi connectivity index (χ4n) is 3.61. The van der Waals surface area contributed by atoms with Crippen molar-refractivity contribution >= 4 is 0 Å². The zero-order chi connectivity index (χ0) is 15.6. The molecule has 0 atom stereocenters. The maximum Gasteiger partial charge on any atom is 0.0487 e. The topological polar surface area (TPSA) is 4.93 Å². The van der Waals surface area contributed by atoms with Gasteiger partial charge in [0.25, 0.3) is 0 Å². The summed E-state index contributed by atoms with van der Waals surface area (Å²) in [4.78, 5) is 0. The van der Waals surface area contributed by atoms with Crippen LogP contribution in [0, 0.1) is 13.8 Å². The Bertz CT molecular complexity index is 602. The lowest BCUT2D eigenvalue weighted by Crippen LogP contribution is -2.06. The quantitative estimate of drug-likeness (QED) is 0.697. The van der Waals surface area contributed by atoms with Crippen LogP contribution in [0.4, 0.5) is 0 Å². The van der Waals surface area contributed by atoms with E-state index in [2.05, 4.69) is 64.3 Å². The Morgan fingerprint density at radius 2 is 1.29 bits per heavy atom. The Labute approximate surface area is 130 Å². The fourth-order valence-corrected chi connectivity index (χ4v) is 3.61. The molecule has 0 unspecified atom stereocenters. The van der Waals surface area contributed by atoms with Crippen LogP contribution in [0.2, 0.25) is 0 Å². The Morgan fingerprint density at radius 3 is 1.71 bits per heavy atom. The highest BCUT2D eigenvalue weighted by molar-refractivity contribution is 5.51. The van der Waals surface area contributed by atoms with Crippen LogP contribution < -0.4 is 0 Å². The maximum atomic E-state index is 2.56. The summed E-state index contributed by atoms with van der Waals surface area (Å²) in [6.45, 7) is 13.6. The smallest absolute Gasteiger partial charge is 0.0487 e. The van der Waals surface area contributed by atoms with Crippen LogP contribution in [-0.4, -0.2) is 4.57 Å². The maximum absolute atomic E-state index is 2.56. The van der Waals surface area contributed by atoms with Crippen LogP contribution in [0.3, 0.4) is 0 Å². The Kier molecular flexibility index (Phi) is 4.92. The largest absolute Gasteiger partial charge is 0.317 e. The molecule has 0 fully saturated rings. The minimum atomic E-state index is 1.10. The average molecular weight is 283 g/mol. The van der Waals surface area contributed by atoms with Crippen LogP contribution in [0.25, 0.3) is 5.69 Å². The molecule has 0 spiro atoms. The highest BCUT2D eigenvalue weighted by atomic mass is 15.0. The summed E-state index contributed by atoms with van der Waals surface area (Å²) in [6, 6.07) is 6.80. The molecule has 114 valence electrons. The highest BCUT2D eigenvalue weighted by Crippen LogP contribution is 2.31. The van der Waals surface area contributed by atoms with Crippen molar-refractivity contribution in [2.75, 3.05) is 0 Å². The van der Waals surface area contributed by atoms with Crippen molar-refractivity contribution in [1.29, 1.82) is 0 Å². The van der Waals surface area contributed by atoms with Gasteiger partial charge >= 0.3 is 0 Å². The predicted octanol–water partition coefficient (Wildman–Crippen LogP) is 5.34. The summed E-state index contributed by atoms with van der Waals surface area (Å²) in [5.74, 6) is 0. The van der Waals surface area contributed by atoms with Crippen LogP contribution in [0.15, 0.2) is 18.2 Å². The first-order valence-electron chi connectivity index (χ1n) is 8.40. The van der Waals surface area contributed by atoms with Gasteiger partial charge < -0.3 is 4.57 Å². The molecule has 0 aliphatic heterocycles. The van der Waals surface area contributed by atoms with E-state index in [-0.39, 0.29) is 0 Å². The second kappa shape index (κ2) is 6.51. The number of nitrogens with zero attached hydrogens (tertiary/aromatic N) is 1. The van der Waals surface area contributed by atoms with Crippen molar-refractivity contribution in [2.45, 2.75) is 67.2 Å². The molecule has 1 heteroatoms. The van der Waals surface area contributed by atoms with Crippen molar-refractivity contribution in [3.8, 4) is 5.69 Å². The number of hydrogen-bond acceptors (Lipinski definition) is 0. The third-order valence-corrected chi connectivity index (χ3v) is 4.58. The Balaban J connectivity index is 2.83. The molecule has 1 aromatic carbocycles. The van der Waals surface area contributed by atoms with E-state index in [1.165, 1.54) is 28.2 Å². The Morgan fingerprint density at radius 1 is 0.762 bits per heavy atom. The molecule has 1 heterocycles. The van der Waals surface area contributed by atoms with Gasteiger partial charge in [-0.05, 0) is 67.9 Å². The van der Waals surface area contributed by atoms with Gasteiger partial charge in [0.2, 0.25) is 0 Å². The first-order valence-corrected chi connectivity index (χ1v) is 8.40. The summed E-state index contributed by atoms with van der Waals surface area (Å²) in [7, 11) is 0. The van der Waals surface area contributed by atoms with E-state index in [4.69, 9.17) is 0 Å². The van der Waals surface area contributed by atoms with Gasteiger partial charge in [0.05, 0.1) is 0 Å². The monoisotopic (exact) mass is 283 g/mol. The third kappa shape index (κ3) is 2.66. The molecular weight excluding hydrogens is 254 g/mol. The number of hydrogen-bond donors (Lipinski definition) is 0. The van der Waals surface area contributed by atoms with Crippen molar-refractivity contribution in [3.63, 3.8) is 0 Å². The first kappa shape index (κ1) is 15.9. The first-order chi connectivity index (χ1) is 10.1. The molecule has 0 N–H and O–H groups in total. The van der Waals surface area contributed by atoms with Crippen molar-refractivity contribution in [1.82, 2.24) is 4.57 Å². The van der Waals surface area contributed by atoms with E-state index in [1.54, 1.807) is 11.1 Å². The van der Waals surface area contributed by atoms with Gasteiger partial charge in [-0.2, -0.15) is 0 Å². The minimum absolute atomic E-state index is 1.10. The van der Waals surface area contributed by atoms with Crippen LogP contribution >= 0.6 is 0 Å². The lowest BCUT2D eigenvalue weighted by molar-refractivity contribution is 0.847. The van der Waals surface area contributed by atoms with Crippen LogP contribution in [0.1, 0.15) is 61.3 Å². The number of benzene rings is 1. The van der Waals surface area contributed by atoms with Gasteiger partial charge in [0.15, 0.2) is 0 Å². The summed E-state index contributed by atoms with van der Waals surface area (Å²) in [6.07, 6.45) is 4.47. The zero-order valence-electron chi connectivity index (χ0n) is 14.5. The van der Waals surface area contributed by atoms with Crippen molar-refractivity contribution < 1.29 is 0 Å². The molecule has 0 radical (unpaired) electrons. The molecular formula is C20H29N. The number of rotatable bonds is 5. The molecule has 2 aromatic rings. The van der Waals surface area contributed by atoms with Gasteiger partial charge in [-0.15, -0.1) is 0 Å². The van der Waals surface area contributed by atoms with E-state index in [1.807, 2.05) is 0 Å². The van der Waals surface area contributed by atoms with Crippen molar-refractivity contribution in [3.05, 3.63) is 51.8 Å². The predicted molar refractivity (Wildman–Crippen MR) is 92.8 cm³/mol. The highest BCUT2D eigenvalue weighted by Gasteiger charge is 2.20. The van der Waals surface area contributed by atoms with E-state index >= 15 is 0 Å². The van der Waals surface area contributed by atoms with E-state index in [9.17, 15) is 0 Å². The number of aromatic nitrogens is 1. The lowest BCUT2D eigenvalue weighted by atomic mass is 10.0. The van der Waals surface area contributed by atoms with E-state index in [0.717, 1.165) is 25.7 Å².